The lowest BCUT2D eigenvalue weighted by Crippen LogP contribution is -2.66. The van der Waals surface area contributed by atoms with E-state index < -0.39 is 10.0 Å². The Kier molecular flexibility index (Phi) is 3.92. The first-order chi connectivity index (χ1) is 8.93. The van der Waals surface area contributed by atoms with Gasteiger partial charge in [0, 0.05) is 24.7 Å². The number of halogens is 1. The molecule has 0 radical (unpaired) electrons. The van der Waals surface area contributed by atoms with Gasteiger partial charge in [0.15, 0.2) is 0 Å². The Bertz CT molecular complexity index is 566. The Morgan fingerprint density at radius 1 is 1.42 bits per heavy atom. The molecule has 9 nitrogen and oxygen atoms in total. The number of hydrogen-bond acceptors (Lipinski definition) is 6. The molecule has 1 aliphatic heterocycles. The number of amides is 1. The minimum atomic E-state index is -3.18. The number of carbonyl (C=O) groups excluding carboxylic acids is 1. The number of nitrogens with zero attached hydrogens (tertiary/aromatic N) is 4. The average Bonchev–Trinajstić information content (AvgIpc) is 2.71. The van der Waals surface area contributed by atoms with Crippen LogP contribution in [-0.2, 0) is 14.8 Å². The highest BCUT2D eigenvalue weighted by Crippen LogP contribution is 2.15. The number of aromatic nitrogens is 2. The minimum absolute atomic E-state index is 0.0437. The molecule has 19 heavy (non-hydrogen) atoms. The zero-order valence-electron chi connectivity index (χ0n) is 10.1. The van der Waals surface area contributed by atoms with Crippen molar-refractivity contribution in [2.24, 2.45) is 0 Å². The van der Waals surface area contributed by atoms with Crippen molar-refractivity contribution in [2.75, 3.05) is 42.8 Å². The number of sulfonamides is 1. The summed E-state index contributed by atoms with van der Waals surface area (Å²) in [5, 5.41) is 7.81. The summed E-state index contributed by atoms with van der Waals surface area (Å²) in [6.45, 7) is 1.52. The van der Waals surface area contributed by atoms with Gasteiger partial charge in [0.05, 0.1) is 24.1 Å². The van der Waals surface area contributed by atoms with E-state index in [2.05, 4.69) is 10.6 Å². The average molecular weight is 311 g/mol. The summed E-state index contributed by atoms with van der Waals surface area (Å²) in [6, 6.07) is 0. The monoisotopic (exact) mass is 310 g/mol. The highest BCUT2D eigenvalue weighted by Gasteiger charge is 2.33. The van der Waals surface area contributed by atoms with Crippen LogP contribution >= 0.6 is 11.6 Å². The predicted molar refractivity (Wildman–Crippen MR) is 65.8 cm³/mol. The molecule has 1 aliphatic rings. The van der Waals surface area contributed by atoms with Gasteiger partial charge >= 0.3 is 11.0 Å². The van der Waals surface area contributed by atoms with Gasteiger partial charge in [-0.1, -0.05) is 0 Å². The van der Waals surface area contributed by atoms with Gasteiger partial charge in [-0.3, -0.25) is 14.6 Å². The quantitative estimate of drug-likeness (QED) is 0.531. The molecular formula is C8H13ClN5O4S+. The number of nitrogens with one attached hydrogen (secondary N) is 1. The van der Waals surface area contributed by atoms with Crippen molar-refractivity contribution in [3.8, 4) is 0 Å². The van der Waals surface area contributed by atoms with Crippen LogP contribution < -0.4 is 15.1 Å². The summed E-state index contributed by atoms with van der Waals surface area (Å²) < 4.78 is 29.0. The molecule has 0 bridgehead atoms. The predicted octanol–water partition coefficient (Wildman–Crippen LogP) is -1.60. The largest absolute Gasteiger partial charge is 0.399 e. The van der Waals surface area contributed by atoms with Gasteiger partial charge in [-0.2, -0.15) is 4.31 Å². The van der Waals surface area contributed by atoms with Gasteiger partial charge in [-0.25, -0.2) is 8.42 Å². The molecule has 2 rings (SSSR count). The highest BCUT2D eigenvalue weighted by molar-refractivity contribution is 7.88. The van der Waals surface area contributed by atoms with Gasteiger partial charge in [-0.05, 0) is 0 Å². The standard InChI is InChI=1S/C8H12ClN5O4S/c1-19(16,17)13-4-2-12(3-5-13)14-7(9)8(10-6-15)18-11-14/h6H,2-5H2,1H3/p+1. The molecule has 1 aromatic heterocycles. The van der Waals surface area contributed by atoms with E-state index in [4.69, 9.17) is 16.1 Å². The summed E-state index contributed by atoms with van der Waals surface area (Å²) in [6.07, 6.45) is 1.60. The zero-order chi connectivity index (χ0) is 14.0. The van der Waals surface area contributed by atoms with Crippen LogP contribution in [-0.4, -0.2) is 56.8 Å². The summed E-state index contributed by atoms with van der Waals surface area (Å²) in [4.78, 5) is 11.6. The fourth-order valence-electron chi connectivity index (χ4n) is 1.76. The van der Waals surface area contributed by atoms with Crippen molar-refractivity contribution >= 4 is 33.9 Å². The van der Waals surface area contributed by atoms with E-state index in [0.29, 0.717) is 32.6 Å². The second-order valence-corrected chi connectivity index (χ2v) is 6.30. The number of piperazine rings is 1. The number of carbonyl (C=O) groups is 1. The number of anilines is 1. The molecule has 11 heteroatoms. The molecule has 106 valence electrons. The molecule has 2 heterocycles. The molecule has 0 aromatic carbocycles. The Balaban J connectivity index is 2.08. The molecule has 0 saturated carbocycles. The van der Waals surface area contributed by atoms with Crippen LogP contribution in [0.15, 0.2) is 4.52 Å². The lowest BCUT2D eigenvalue weighted by Gasteiger charge is -2.28. The molecule has 0 unspecified atom stereocenters. The van der Waals surface area contributed by atoms with Crippen molar-refractivity contribution in [3.63, 3.8) is 0 Å². The molecule has 1 amide bonds. The second kappa shape index (κ2) is 5.31. The molecule has 1 N–H and O–H groups in total. The fourth-order valence-corrected chi connectivity index (χ4v) is 2.81. The van der Waals surface area contributed by atoms with Crippen LogP contribution in [0.3, 0.4) is 0 Å². The van der Waals surface area contributed by atoms with E-state index in [1.54, 1.807) is 5.01 Å². The summed E-state index contributed by atoms with van der Waals surface area (Å²) in [7, 11) is -3.18. The first-order valence-electron chi connectivity index (χ1n) is 5.41. The van der Waals surface area contributed by atoms with Crippen molar-refractivity contribution in [2.45, 2.75) is 0 Å². The summed E-state index contributed by atoms with van der Waals surface area (Å²) >= 11 is 5.97. The van der Waals surface area contributed by atoms with Crippen LogP contribution in [0.5, 0.6) is 0 Å². The van der Waals surface area contributed by atoms with E-state index in [1.165, 1.54) is 15.4 Å². The fraction of sp³-hybridized carbons (Fsp3) is 0.625. The molecular weight excluding hydrogens is 298 g/mol. The van der Waals surface area contributed by atoms with Crippen LogP contribution in [0.25, 0.3) is 0 Å². The maximum Gasteiger partial charge on any atom is 0.399 e. The molecule has 0 spiro atoms. The molecule has 1 fully saturated rings. The highest BCUT2D eigenvalue weighted by atomic mass is 35.5. The van der Waals surface area contributed by atoms with Crippen molar-refractivity contribution in [1.82, 2.24) is 9.58 Å². The van der Waals surface area contributed by atoms with Crippen molar-refractivity contribution < 1.29 is 22.5 Å². The summed E-state index contributed by atoms with van der Waals surface area (Å²) in [5.41, 5.74) is 0. The lowest BCUT2D eigenvalue weighted by atomic mass is 10.4. The molecule has 0 aliphatic carbocycles. The Morgan fingerprint density at radius 3 is 2.58 bits per heavy atom. The van der Waals surface area contributed by atoms with Crippen LogP contribution in [0.4, 0.5) is 5.88 Å². The normalized spacial score (nSPS) is 17.5. The third-order valence-corrected chi connectivity index (χ3v) is 4.34. The third-order valence-electron chi connectivity index (χ3n) is 2.71. The van der Waals surface area contributed by atoms with Gasteiger partial charge < -0.3 is 0 Å². The van der Waals surface area contributed by atoms with Crippen LogP contribution in [0.2, 0.25) is 5.15 Å². The Morgan fingerprint density at radius 2 is 2.05 bits per heavy atom. The van der Waals surface area contributed by atoms with Gasteiger partial charge in [0.1, 0.15) is 0 Å². The second-order valence-electron chi connectivity index (χ2n) is 3.96. The van der Waals surface area contributed by atoms with Crippen molar-refractivity contribution in [3.05, 3.63) is 5.15 Å². The molecule has 0 atom stereocenters. The first kappa shape index (κ1) is 14.0. The number of rotatable bonds is 4. The van der Waals surface area contributed by atoms with Crippen molar-refractivity contribution in [1.29, 1.82) is 0 Å². The maximum atomic E-state index is 11.4. The van der Waals surface area contributed by atoms with E-state index in [1.807, 2.05) is 0 Å². The third kappa shape index (κ3) is 2.96. The first-order valence-corrected chi connectivity index (χ1v) is 7.64. The van der Waals surface area contributed by atoms with E-state index in [0.717, 1.165) is 0 Å². The SMILES string of the molecule is CS(=O)(=O)N1CCN([n+]2noc(NC=O)c2Cl)CC1. The van der Waals surface area contributed by atoms with Crippen LogP contribution in [0, 0.1) is 0 Å². The molecule has 1 aromatic rings. The summed E-state index contributed by atoms with van der Waals surface area (Å²) in [5.74, 6) is 0.0437. The smallest absolute Gasteiger partial charge is 0.290 e. The van der Waals surface area contributed by atoms with Gasteiger partial charge in [-0.15, -0.1) is 5.01 Å². The Hall–Kier alpha value is -1.39. The van der Waals surface area contributed by atoms with Crippen LogP contribution in [0.1, 0.15) is 0 Å². The maximum absolute atomic E-state index is 11.4. The van der Waals surface area contributed by atoms with E-state index in [9.17, 15) is 13.2 Å². The Labute approximate surface area is 114 Å². The molecule has 1 saturated heterocycles. The van der Waals surface area contributed by atoms with Gasteiger partial charge in [0.2, 0.25) is 21.7 Å². The lowest BCUT2D eigenvalue weighted by molar-refractivity contribution is -0.757. The van der Waals surface area contributed by atoms with Gasteiger partial charge in [0.25, 0.3) is 0 Å². The van der Waals surface area contributed by atoms with E-state index in [-0.39, 0.29) is 11.0 Å². The van der Waals surface area contributed by atoms with E-state index >= 15 is 0 Å². The number of hydrogen-bond donors (Lipinski definition) is 1. The zero-order valence-corrected chi connectivity index (χ0v) is 11.7. The minimum Gasteiger partial charge on any atom is -0.290 e. The topological polar surface area (TPSA) is 99.6 Å².